The topological polar surface area (TPSA) is 109 Å². The summed E-state index contributed by atoms with van der Waals surface area (Å²) < 4.78 is 25.2. The second-order valence-electron chi connectivity index (χ2n) is 1.84. The van der Waals surface area contributed by atoms with Crippen molar-refractivity contribution in [1.82, 2.24) is 0 Å². The monoisotopic (exact) mass is 250 g/mol. The number of rotatable bonds is 1. The van der Waals surface area contributed by atoms with E-state index in [1.807, 2.05) is 0 Å². The fourth-order valence-corrected chi connectivity index (χ4v) is 0.574. The second kappa shape index (κ2) is 12.9. The average molecular weight is 251 g/mol. The fraction of sp³-hybridized carbons (Fsp3) is 0. The molecule has 0 aliphatic heterocycles. The first-order valence-electron chi connectivity index (χ1n) is 3.03. The van der Waals surface area contributed by atoms with Crippen molar-refractivity contribution < 1.29 is 93.8 Å². The second-order valence-corrected chi connectivity index (χ2v) is 2.22. The minimum absolute atomic E-state index is 0. The van der Waals surface area contributed by atoms with E-state index in [0.29, 0.717) is 0 Å². The van der Waals surface area contributed by atoms with E-state index in [0.717, 1.165) is 0 Å². The zero-order valence-corrected chi connectivity index (χ0v) is 13.1. The Morgan fingerprint density at radius 1 is 1.00 bits per heavy atom. The van der Waals surface area contributed by atoms with E-state index in [1.54, 1.807) is 18.2 Å². The Labute approximate surface area is 134 Å². The molecule has 0 aliphatic carbocycles. The van der Waals surface area contributed by atoms with Gasteiger partial charge in [0.1, 0.15) is 0 Å². The number of halogens is 1. The Hall–Kier alpha value is 0.860. The van der Waals surface area contributed by atoms with Crippen LogP contribution in [0.2, 0.25) is 0 Å². The summed E-state index contributed by atoms with van der Waals surface area (Å²) in [5.74, 6) is -1.13. The number of carbonyl (C=O) groups is 1. The summed E-state index contributed by atoms with van der Waals surface area (Å²) in [5.41, 5.74) is 0.220. The molecule has 0 saturated heterocycles. The summed E-state index contributed by atoms with van der Waals surface area (Å²) in [5, 5.41) is 10.1. The van der Waals surface area contributed by atoms with Crippen LogP contribution in [0.1, 0.15) is 10.4 Å². The Morgan fingerprint density at radius 2 is 1.33 bits per heavy atom. The van der Waals surface area contributed by atoms with Crippen molar-refractivity contribution >= 4 is 5.97 Å². The smallest absolute Gasteiger partial charge is 0.545 e. The van der Waals surface area contributed by atoms with Gasteiger partial charge in [0.25, 0.3) is 0 Å². The molecule has 0 bridgehead atoms. The van der Waals surface area contributed by atoms with Gasteiger partial charge in [0.05, 0.1) is 16.8 Å². The number of hydrogen-bond donors (Lipinski definition) is 0. The van der Waals surface area contributed by atoms with Crippen LogP contribution < -0.4 is 78.2 Å². The summed E-state index contributed by atoms with van der Waals surface area (Å²) in [4.78, 5) is 10.1. The number of carboxylic acids is 1. The molecule has 8 heteroatoms. The van der Waals surface area contributed by atoms with Crippen molar-refractivity contribution in [3.63, 3.8) is 0 Å². The zero-order valence-electron chi connectivity index (χ0n) is 8.31. The third kappa shape index (κ3) is 14.9. The third-order valence-electron chi connectivity index (χ3n) is 1.01. The minimum Gasteiger partial charge on any atom is -0.545 e. The van der Waals surface area contributed by atoms with Crippen LogP contribution in [0.25, 0.3) is 0 Å². The summed E-state index contributed by atoms with van der Waals surface area (Å²) in [6.07, 6.45) is 0. The predicted octanol–water partition coefficient (Wildman–Crippen LogP) is -9.51. The molecule has 1 rings (SSSR count). The Kier molecular flexibility index (Phi) is 18.3. The van der Waals surface area contributed by atoms with Gasteiger partial charge in [-0.1, -0.05) is 30.3 Å². The van der Waals surface area contributed by atoms with Crippen LogP contribution in [0.15, 0.2) is 30.3 Å². The Bertz CT molecular complexity index is 254. The van der Waals surface area contributed by atoms with E-state index < -0.39 is 16.8 Å². The molecule has 1 aromatic carbocycles. The molecule has 0 unspecified atom stereocenters. The molecule has 0 N–H and O–H groups in total. The number of aromatic carboxylic acids is 1. The van der Waals surface area contributed by atoms with Gasteiger partial charge in [-0.15, -0.1) is 0 Å². The molecule has 0 atom stereocenters. The maximum absolute atomic E-state index is 10.1. The van der Waals surface area contributed by atoms with Gasteiger partial charge in [0.15, 0.2) is 0 Å². The van der Waals surface area contributed by atoms with Gasteiger partial charge in [-0.05, 0) is 5.56 Å². The normalized spacial score (nSPS) is 7.73. The molecule has 0 spiro atoms. The summed E-state index contributed by atoms with van der Waals surface area (Å²) in [6, 6.07) is 8.06. The van der Waals surface area contributed by atoms with Crippen molar-refractivity contribution in [2.75, 3.05) is 0 Å². The van der Waals surface area contributed by atoms with Crippen molar-refractivity contribution in [2.24, 2.45) is 0 Å². The molecule has 0 radical (unpaired) electrons. The van der Waals surface area contributed by atoms with E-state index in [-0.39, 0.29) is 64.7 Å². The zero-order chi connectivity index (χ0) is 10.3. The number of carbonyl (C=O) groups excluding carboxylic acids is 1. The van der Waals surface area contributed by atoms with E-state index in [9.17, 15) is 9.90 Å². The Morgan fingerprint density at radius 3 is 1.53 bits per heavy atom. The average Bonchev–Trinajstić information content (AvgIpc) is 2.05. The largest absolute Gasteiger partial charge is 1.00 e. The van der Waals surface area contributed by atoms with Gasteiger partial charge in [-0.25, -0.2) is 0 Å². The minimum atomic E-state index is -2.85. The van der Waals surface area contributed by atoms with Crippen LogP contribution in [0, 0.1) is 10.8 Å². The fourth-order valence-electron chi connectivity index (χ4n) is 0.574. The van der Waals surface area contributed by atoms with Crippen LogP contribution in [0.4, 0.5) is 0 Å². The molecule has 15 heavy (non-hydrogen) atoms. The molecule has 0 aromatic heterocycles. The molecule has 0 amide bonds. The molecule has 0 fully saturated rings. The number of hydrogen-bond acceptors (Lipinski definition) is 5. The maximum atomic E-state index is 10.1. The van der Waals surface area contributed by atoms with E-state index in [4.69, 9.17) is 14.0 Å². The maximum Gasteiger partial charge on any atom is 1.00 e. The van der Waals surface area contributed by atoms with E-state index >= 15 is 0 Å². The van der Waals surface area contributed by atoms with Crippen LogP contribution in [-0.2, 0) is 0 Å². The van der Waals surface area contributed by atoms with Crippen LogP contribution in [-0.4, -0.2) is 5.97 Å². The van der Waals surface area contributed by atoms with Crippen LogP contribution >= 0.6 is 0 Å². The van der Waals surface area contributed by atoms with Crippen molar-refractivity contribution in [3.05, 3.63) is 35.9 Å². The van der Waals surface area contributed by atoms with Gasteiger partial charge >= 0.3 is 59.1 Å². The molecule has 1 aromatic rings. The number of carboxylic acid groups (broad SMARTS) is 1. The van der Waals surface area contributed by atoms with Gasteiger partial charge in [-0.3, -0.25) is 0 Å². The van der Waals surface area contributed by atoms with Gasteiger partial charge in [-0.2, -0.15) is 0 Å². The van der Waals surface area contributed by atoms with Crippen molar-refractivity contribution in [3.8, 4) is 0 Å². The Balaban J connectivity index is -0.000000213. The SMILES string of the molecule is O=C([O-])c1ccccc1.[Na+].[Na+].[O-][Cl+2]([O-])[O-]. The standard InChI is InChI=1S/C7H6O2.ClO3.2Na/c8-7(9)6-4-2-1-3-5-6;2-1(3)4;;/h1-5H,(H,8,9);;;/q;-1;2*+1/p-1. The molecule has 72 valence electrons. The van der Waals surface area contributed by atoms with Crippen molar-refractivity contribution in [2.45, 2.75) is 0 Å². The molecule has 0 saturated carbocycles. The van der Waals surface area contributed by atoms with Crippen LogP contribution in [0.5, 0.6) is 0 Å². The van der Waals surface area contributed by atoms with Gasteiger partial charge in [0.2, 0.25) is 0 Å². The molecular weight excluding hydrogens is 246 g/mol. The quantitative estimate of drug-likeness (QED) is 0.460. The first-order valence-corrected chi connectivity index (χ1v) is 3.96. The van der Waals surface area contributed by atoms with Gasteiger partial charge in [0, 0.05) is 0 Å². The van der Waals surface area contributed by atoms with Crippen LogP contribution in [0.3, 0.4) is 0 Å². The van der Waals surface area contributed by atoms with E-state index in [2.05, 4.69) is 0 Å². The molecular formula is C7H5ClNa2O5. The molecule has 0 heterocycles. The number of benzene rings is 1. The third-order valence-corrected chi connectivity index (χ3v) is 1.01. The first-order chi connectivity index (χ1) is 6.04. The summed E-state index contributed by atoms with van der Waals surface area (Å²) in [6.45, 7) is 0. The first kappa shape index (κ1) is 21.2. The predicted molar refractivity (Wildman–Crippen MR) is 30.8 cm³/mol. The van der Waals surface area contributed by atoms with Crippen molar-refractivity contribution in [1.29, 1.82) is 0 Å². The van der Waals surface area contributed by atoms with E-state index in [1.165, 1.54) is 12.1 Å². The summed E-state index contributed by atoms with van der Waals surface area (Å²) >= 11 is 0. The van der Waals surface area contributed by atoms with Gasteiger partial charge < -0.3 is 23.9 Å². The molecule has 0 aliphatic rings. The summed E-state index contributed by atoms with van der Waals surface area (Å²) in [7, 11) is -2.85. The molecule has 5 nitrogen and oxygen atoms in total.